The Kier molecular flexibility index (Phi) is 4.24. The van der Waals surface area contributed by atoms with E-state index < -0.39 is 16.1 Å². The quantitative estimate of drug-likeness (QED) is 0.516. The summed E-state index contributed by atoms with van der Waals surface area (Å²) in [6, 6.07) is 3.34. The number of fused-ring (bicyclic) bond motifs is 1. The second kappa shape index (κ2) is 5.76. The number of thioether (sulfide) groups is 1. The molecule has 2 aromatic rings. The predicted molar refractivity (Wildman–Crippen MR) is 78.4 cm³/mol. The molecule has 1 aromatic heterocycles. The first-order chi connectivity index (χ1) is 9.41. The van der Waals surface area contributed by atoms with E-state index in [1.165, 1.54) is 11.3 Å². The van der Waals surface area contributed by atoms with Crippen molar-refractivity contribution in [2.45, 2.75) is 24.0 Å². The Labute approximate surface area is 123 Å². The third-order valence-corrected chi connectivity index (χ3v) is 5.10. The van der Waals surface area contributed by atoms with E-state index in [0.29, 0.717) is 10.4 Å². The molecular weight excluding hydrogens is 300 g/mol. The van der Waals surface area contributed by atoms with Gasteiger partial charge in [-0.25, -0.2) is 4.98 Å². The molecule has 0 spiro atoms. The van der Waals surface area contributed by atoms with Crippen LogP contribution in [0.25, 0.3) is 10.2 Å². The topological polar surface area (TPSA) is 93.3 Å². The minimum Gasteiger partial charge on any atom is -0.480 e. The second-order valence-corrected chi connectivity index (χ2v) is 6.56. The fourth-order valence-corrected chi connectivity index (χ4v) is 3.53. The van der Waals surface area contributed by atoms with Crippen LogP contribution in [0.4, 0.5) is 5.69 Å². The molecule has 1 N–H and O–H groups in total. The fourth-order valence-electron chi connectivity index (χ4n) is 1.78. The van der Waals surface area contributed by atoms with E-state index in [-0.39, 0.29) is 11.6 Å². The summed E-state index contributed by atoms with van der Waals surface area (Å²) >= 11 is 2.32. The zero-order valence-electron chi connectivity index (χ0n) is 10.8. The summed E-state index contributed by atoms with van der Waals surface area (Å²) in [6.45, 7) is 3.55. The van der Waals surface area contributed by atoms with Crippen molar-refractivity contribution < 1.29 is 14.8 Å². The Balaban J connectivity index is 2.50. The van der Waals surface area contributed by atoms with E-state index in [2.05, 4.69) is 4.98 Å². The van der Waals surface area contributed by atoms with Gasteiger partial charge in [-0.05, 0) is 18.1 Å². The first kappa shape index (κ1) is 14.7. The molecule has 2 rings (SSSR count). The van der Waals surface area contributed by atoms with Crippen LogP contribution in [-0.4, -0.2) is 26.2 Å². The van der Waals surface area contributed by atoms with Gasteiger partial charge >= 0.3 is 11.7 Å². The molecule has 8 heteroatoms. The predicted octanol–water partition coefficient (Wildman–Crippen LogP) is 3.41. The number of carboxylic acid groups (broad SMARTS) is 1. The van der Waals surface area contributed by atoms with E-state index in [1.54, 1.807) is 31.5 Å². The number of nitro groups is 1. The van der Waals surface area contributed by atoms with Crippen molar-refractivity contribution in [3.8, 4) is 0 Å². The molecule has 0 aliphatic carbocycles. The third kappa shape index (κ3) is 2.75. The number of hydrogen-bond acceptors (Lipinski definition) is 6. The van der Waals surface area contributed by atoms with Crippen molar-refractivity contribution in [3.05, 3.63) is 27.8 Å². The Morgan fingerprint density at radius 2 is 2.20 bits per heavy atom. The summed E-state index contributed by atoms with van der Waals surface area (Å²) in [6.07, 6.45) is 0. The Hall–Kier alpha value is -1.67. The highest BCUT2D eigenvalue weighted by atomic mass is 32.2. The van der Waals surface area contributed by atoms with Gasteiger partial charge in [0.05, 0.1) is 20.0 Å². The molecule has 1 aromatic carbocycles. The first-order valence-electron chi connectivity index (χ1n) is 5.82. The Morgan fingerprint density at radius 3 is 2.75 bits per heavy atom. The van der Waals surface area contributed by atoms with Crippen LogP contribution in [0.1, 0.15) is 13.8 Å². The van der Waals surface area contributed by atoms with Crippen molar-refractivity contribution in [1.82, 2.24) is 4.98 Å². The van der Waals surface area contributed by atoms with Crippen molar-refractivity contribution in [2.75, 3.05) is 0 Å². The van der Waals surface area contributed by atoms with E-state index in [1.807, 2.05) is 0 Å². The smallest absolute Gasteiger partial charge is 0.317 e. The van der Waals surface area contributed by atoms with Crippen LogP contribution in [0, 0.1) is 16.0 Å². The van der Waals surface area contributed by atoms with Crippen LogP contribution >= 0.6 is 23.1 Å². The van der Waals surface area contributed by atoms with Crippen LogP contribution in [0.5, 0.6) is 0 Å². The molecule has 1 heterocycles. The maximum absolute atomic E-state index is 11.3. The summed E-state index contributed by atoms with van der Waals surface area (Å²) in [5.41, 5.74) is 1.75. The number of carbonyl (C=O) groups is 1. The number of carboxylic acids is 1. The van der Waals surface area contributed by atoms with E-state index >= 15 is 0 Å². The average molecular weight is 312 g/mol. The normalized spacial score (nSPS) is 12.8. The highest BCUT2D eigenvalue weighted by Gasteiger charge is 2.28. The Morgan fingerprint density at radius 1 is 1.50 bits per heavy atom. The molecule has 0 fully saturated rings. The monoisotopic (exact) mass is 312 g/mol. The van der Waals surface area contributed by atoms with Gasteiger partial charge in [-0.2, -0.15) is 0 Å². The average Bonchev–Trinajstić information content (AvgIpc) is 2.81. The third-order valence-electron chi connectivity index (χ3n) is 2.72. The van der Waals surface area contributed by atoms with Crippen molar-refractivity contribution in [2.24, 2.45) is 5.92 Å². The number of rotatable bonds is 5. The van der Waals surface area contributed by atoms with Gasteiger partial charge in [-0.1, -0.05) is 13.8 Å². The largest absolute Gasteiger partial charge is 0.480 e. The van der Waals surface area contributed by atoms with Crippen molar-refractivity contribution in [3.63, 3.8) is 0 Å². The summed E-state index contributed by atoms with van der Waals surface area (Å²) in [5, 5.41) is 19.7. The first-order valence-corrected chi connectivity index (χ1v) is 7.57. The lowest BCUT2D eigenvalue weighted by molar-refractivity contribution is -0.386. The van der Waals surface area contributed by atoms with Crippen LogP contribution < -0.4 is 0 Å². The van der Waals surface area contributed by atoms with Gasteiger partial charge in [0.1, 0.15) is 5.25 Å². The van der Waals surface area contributed by atoms with Gasteiger partial charge in [0.2, 0.25) is 0 Å². The Bertz CT molecular complexity index is 669. The molecule has 0 bridgehead atoms. The zero-order chi connectivity index (χ0) is 14.9. The van der Waals surface area contributed by atoms with Crippen LogP contribution in [0.3, 0.4) is 0 Å². The molecule has 1 atom stereocenters. The SMILES string of the molecule is CC(C)C(Sc1ccc2scnc2c1[N+](=O)[O-])C(=O)O. The number of aliphatic carboxylic acids is 1. The molecule has 106 valence electrons. The number of hydrogen-bond donors (Lipinski definition) is 1. The molecule has 0 saturated heterocycles. The van der Waals surface area contributed by atoms with Gasteiger partial charge in [-0.3, -0.25) is 14.9 Å². The molecule has 0 aliphatic heterocycles. The van der Waals surface area contributed by atoms with Crippen molar-refractivity contribution >= 4 is 45.0 Å². The molecule has 0 saturated carbocycles. The van der Waals surface area contributed by atoms with Gasteiger partial charge < -0.3 is 5.11 Å². The number of nitro benzene ring substituents is 1. The van der Waals surface area contributed by atoms with Gasteiger partial charge in [0.25, 0.3) is 0 Å². The van der Waals surface area contributed by atoms with Crippen LogP contribution in [0.2, 0.25) is 0 Å². The molecule has 6 nitrogen and oxygen atoms in total. The van der Waals surface area contributed by atoms with E-state index in [9.17, 15) is 20.0 Å². The fraction of sp³-hybridized carbons (Fsp3) is 0.333. The van der Waals surface area contributed by atoms with Gasteiger partial charge in [0, 0.05) is 0 Å². The summed E-state index contributed by atoms with van der Waals surface area (Å²) in [7, 11) is 0. The minimum atomic E-state index is -0.974. The summed E-state index contributed by atoms with van der Waals surface area (Å²) < 4.78 is 0.720. The zero-order valence-corrected chi connectivity index (χ0v) is 12.4. The molecular formula is C12H12N2O4S2. The van der Waals surface area contributed by atoms with Gasteiger partial charge in [0.15, 0.2) is 5.52 Å². The van der Waals surface area contributed by atoms with Gasteiger partial charge in [-0.15, -0.1) is 23.1 Å². The summed E-state index contributed by atoms with van der Waals surface area (Å²) in [4.78, 5) is 26.4. The number of benzene rings is 1. The second-order valence-electron chi connectivity index (χ2n) is 4.49. The number of thiazole rings is 1. The molecule has 20 heavy (non-hydrogen) atoms. The van der Waals surface area contributed by atoms with Crippen LogP contribution in [0.15, 0.2) is 22.5 Å². The standard InChI is InChI=1S/C12H12N2O4S2/c1-6(2)11(12(15)16)20-8-4-3-7-9(13-5-19-7)10(8)14(17)18/h3-6,11H,1-2H3,(H,15,16). The molecule has 1 unspecified atom stereocenters. The van der Waals surface area contributed by atoms with Crippen LogP contribution in [-0.2, 0) is 4.79 Å². The highest BCUT2D eigenvalue weighted by Crippen LogP contribution is 2.39. The highest BCUT2D eigenvalue weighted by molar-refractivity contribution is 8.00. The minimum absolute atomic E-state index is 0.111. The number of aromatic nitrogens is 1. The molecule has 0 amide bonds. The van der Waals surface area contributed by atoms with E-state index in [4.69, 9.17) is 0 Å². The maximum Gasteiger partial charge on any atom is 0.317 e. The summed E-state index contributed by atoms with van der Waals surface area (Å²) in [5.74, 6) is -1.11. The lowest BCUT2D eigenvalue weighted by atomic mass is 10.1. The maximum atomic E-state index is 11.3. The van der Waals surface area contributed by atoms with Crippen molar-refractivity contribution in [1.29, 1.82) is 0 Å². The lowest BCUT2D eigenvalue weighted by Crippen LogP contribution is -2.22. The van der Waals surface area contributed by atoms with E-state index in [0.717, 1.165) is 16.5 Å². The lowest BCUT2D eigenvalue weighted by Gasteiger charge is -2.15. The number of nitrogens with zero attached hydrogens (tertiary/aromatic N) is 2. The molecule has 0 aliphatic rings. The molecule has 0 radical (unpaired) electrons.